The van der Waals surface area contributed by atoms with Crippen molar-refractivity contribution in [2.24, 2.45) is 0 Å². The van der Waals surface area contributed by atoms with Gasteiger partial charge in [-0.3, -0.25) is 0 Å². The van der Waals surface area contributed by atoms with Crippen molar-refractivity contribution in [3.8, 4) is 0 Å². The summed E-state index contributed by atoms with van der Waals surface area (Å²) >= 11 is 4.79. The van der Waals surface area contributed by atoms with Gasteiger partial charge in [0.05, 0.1) is 0 Å². The highest BCUT2D eigenvalue weighted by molar-refractivity contribution is 14.1. The molecule has 0 nitrogen and oxygen atoms in total. The fourth-order valence-electron chi connectivity index (χ4n) is 1.42. The van der Waals surface area contributed by atoms with Crippen molar-refractivity contribution in [1.82, 2.24) is 0 Å². The lowest BCUT2D eigenvalue weighted by atomic mass is 9.84. The first-order chi connectivity index (χ1) is 5.82. The SMILES string of the molecule is Cc1c(I)cc(I)cc1C(C)(C)C. The molecule has 0 fully saturated rings. The third kappa shape index (κ3) is 2.81. The zero-order valence-electron chi connectivity index (χ0n) is 8.41. The summed E-state index contributed by atoms with van der Waals surface area (Å²) < 4.78 is 2.70. The van der Waals surface area contributed by atoms with E-state index in [9.17, 15) is 0 Å². The molecule has 1 aromatic carbocycles. The summed E-state index contributed by atoms with van der Waals surface area (Å²) in [4.78, 5) is 0. The van der Waals surface area contributed by atoms with Crippen LogP contribution in [0, 0.1) is 14.1 Å². The van der Waals surface area contributed by atoms with E-state index < -0.39 is 0 Å². The van der Waals surface area contributed by atoms with E-state index in [1.54, 1.807) is 0 Å². The summed E-state index contributed by atoms with van der Waals surface area (Å²) in [7, 11) is 0. The van der Waals surface area contributed by atoms with Gasteiger partial charge in [0.2, 0.25) is 0 Å². The van der Waals surface area contributed by atoms with E-state index in [0.29, 0.717) is 0 Å². The van der Waals surface area contributed by atoms with Crippen LogP contribution in [0.3, 0.4) is 0 Å². The molecular weight excluding hydrogens is 386 g/mol. The van der Waals surface area contributed by atoms with E-state index in [-0.39, 0.29) is 5.41 Å². The number of benzene rings is 1. The quantitative estimate of drug-likeness (QED) is 0.563. The topological polar surface area (TPSA) is 0 Å². The maximum Gasteiger partial charge on any atom is 0.0173 e. The molecule has 0 N–H and O–H groups in total. The van der Waals surface area contributed by atoms with Gasteiger partial charge < -0.3 is 0 Å². The molecule has 0 atom stereocenters. The van der Waals surface area contributed by atoms with Crippen LogP contribution in [0.15, 0.2) is 12.1 Å². The van der Waals surface area contributed by atoms with Gasteiger partial charge in [0, 0.05) is 7.14 Å². The second kappa shape index (κ2) is 4.04. The predicted octanol–water partition coefficient (Wildman–Crippen LogP) is 4.50. The highest BCUT2D eigenvalue weighted by Crippen LogP contribution is 2.29. The van der Waals surface area contributed by atoms with Crippen molar-refractivity contribution >= 4 is 45.2 Å². The second-order valence-corrected chi connectivity index (χ2v) is 6.72. The van der Waals surface area contributed by atoms with Crippen LogP contribution in [0.2, 0.25) is 0 Å². The van der Waals surface area contributed by atoms with E-state index in [4.69, 9.17) is 0 Å². The van der Waals surface area contributed by atoms with Gasteiger partial charge in [-0.2, -0.15) is 0 Å². The summed E-state index contributed by atoms with van der Waals surface area (Å²) in [5.74, 6) is 0. The van der Waals surface area contributed by atoms with E-state index >= 15 is 0 Å². The number of hydrogen-bond acceptors (Lipinski definition) is 0. The molecule has 0 bridgehead atoms. The molecule has 0 spiro atoms. The molecule has 0 saturated carbocycles. The van der Waals surface area contributed by atoms with Crippen LogP contribution in [-0.4, -0.2) is 0 Å². The molecule has 0 aliphatic rings. The van der Waals surface area contributed by atoms with Gasteiger partial charge in [0.1, 0.15) is 0 Å². The van der Waals surface area contributed by atoms with Crippen molar-refractivity contribution < 1.29 is 0 Å². The van der Waals surface area contributed by atoms with E-state index in [0.717, 1.165) is 0 Å². The van der Waals surface area contributed by atoms with Gasteiger partial charge in [-0.15, -0.1) is 0 Å². The van der Waals surface area contributed by atoms with Gasteiger partial charge in [-0.25, -0.2) is 0 Å². The fraction of sp³-hybridized carbons (Fsp3) is 0.455. The maximum atomic E-state index is 2.41. The van der Waals surface area contributed by atoms with Crippen molar-refractivity contribution in [3.05, 3.63) is 30.4 Å². The first-order valence-electron chi connectivity index (χ1n) is 4.28. The Morgan fingerprint density at radius 3 is 2.08 bits per heavy atom. The van der Waals surface area contributed by atoms with E-state index in [1.165, 1.54) is 18.3 Å². The van der Waals surface area contributed by atoms with Crippen molar-refractivity contribution in [2.45, 2.75) is 33.1 Å². The Kier molecular flexibility index (Phi) is 3.66. The Bertz CT molecular complexity index is 322. The molecule has 0 heterocycles. The van der Waals surface area contributed by atoms with Gasteiger partial charge >= 0.3 is 0 Å². The minimum atomic E-state index is 0.255. The van der Waals surface area contributed by atoms with E-state index in [1.807, 2.05) is 0 Å². The zero-order chi connectivity index (χ0) is 10.2. The normalized spacial score (nSPS) is 11.8. The summed E-state index contributed by atoms with van der Waals surface area (Å²) in [6, 6.07) is 4.52. The van der Waals surface area contributed by atoms with Gasteiger partial charge in [0.15, 0.2) is 0 Å². The third-order valence-corrected chi connectivity index (χ3v) is 3.86. The first kappa shape index (κ1) is 11.8. The lowest BCUT2D eigenvalue weighted by molar-refractivity contribution is 0.585. The van der Waals surface area contributed by atoms with Crippen LogP contribution in [0.25, 0.3) is 0 Å². The second-order valence-electron chi connectivity index (χ2n) is 4.31. The lowest BCUT2D eigenvalue weighted by Crippen LogP contribution is -2.14. The van der Waals surface area contributed by atoms with Crippen LogP contribution < -0.4 is 0 Å². The van der Waals surface area contributed by atoms with Crippen molar-refractivity contribution in [2.75, 3.05) is 0 Å². The van der Waals surface area contributed by atoms with E-state index in [2.05, 4.69) is 85.0 Å². The van der Waals surface area contributed by atoms with Crippen LogP contribution >= 0.6 is 45.2 Å². The smallest absolute Gasteiger partial charge is 0.0173 e. The first-order valence-corrected chi connectivity index (χ1v) is 6.44. The molecule has 0 aliphatic carbocycles. The molecule has 2 heteroatoms. The summed E-state index contributed by atoms with van der Waals surface area (Å²) in [5, 5.41) is 0. The third-order valence-electron chi connectivity index (χ3n) is 2.12. The maximum absolute atomic E-state index is 2.41. The van der Waals surface area contributed by atoms with Crippen LogP contribution in [0.1, 0.15) is 31.9 Å². The van der Waals surface area contributed by atoms with Gasteiger partial charge in [-0.1, -0.05) is 20.8 Å². The van der Waals surface area contributed by atoms with Crippen LogP contribution in [-0.2, 0) is 5.41 Å². The minimum Gasteiger partial charge on any atom is -0.0561 e. The minimum absolute atomic E-state index is 0.255. The molecule has 0 radical (unpaired) electrons. The largest absolute Gasteiger partial charge is 0.0561 e. The molecule has 0 unspecified atom stereocenters. The molecule has 0 aromatic heterocycles. The Hall–Kier alpha value is 0.680. The number of hydrogen-bond donors (Lipinski definition) is 0. The molecule has 0 amide bonds. The molecule has 72 valence electrons. The highest BCUT2D eigenvalue weighted by atomic mass is 127. The number of rotatable bonds is 0. The Morgan fingerprint density at radius 1 is 1.08 bits per heavy atom. The zero-order valence-corrected chi connectivity index (χ0v) is 12.7. The molecule has 13 heavy (non-hydrogen) atoms. The lowest BCUT2D eigenvalue weighted by Gasteiger charge is -2.22. The summed E-state index contributed by atoms with van der Waals surface area (Å²) in [5.41, 5.74) is 3.14. The Labute approximate surface area is 108 Å². The number of halogens is 2. The standard InChI is InChI=1S/C11H14I2/c1-7-9(11(2,3)4)5-8(12)6-10(7)13/h5-6H,1-4H3. The fourth-order valence-corrected chi connectivity index (χ4v) is 3.27. The highest BCUT2D eigenvalue weighted by Gasteiger charge is 2.17. The molecular formula is C11H14I2. The average Bonchev–Trinajstić information content (AvgIpc) is 1.94. The van der Waals surface area contributed by atoms with Crippen molar-refractivity contribution in [1.29, 1.82) is 0 Å². The Balaban J connectivity index is 3.37. The molecule has 0 saturated heterocycles. The van der Waals surface area contributed by atoms with Crippen LogP contribution in [0.5, 0.6) is 0 Å². The van der Waals surface area contributed by atoms with Gasteiger partial charge in [-0.05, 0) is 80.8 Å². The molecule has 0 aliphatic heterocycles. The monoisotopic (exact) mass is 400 g/mol. The average molecular weight is 400 g/mol. The molecule has 1 rings (SSSR count). The summed E-state index contributed by atoms with van der Waals surface area (Å²) in [6.07, 6.45) is 0. The van der Waals surface area contributed by atoms with Crippen molar-refractivity contribution in [3.63, 3.8) is 0 Å². The van der Waals surface area contributed by atoms with Gasteiger partial charge in [0.25, 0.3) is 0 Å². The summed E-state index contributed by atoms with van der Waals surface area (Å²) in [6.45, 7) is 9.00. The van der Waals surface area contributed by atoms with Crippen LogP contribution in [0.4, 0.5) is 0 Å². The Morgan fingerprint density at radius 2 is 1.62 bits per heavy atom. The molecule has 1 aromatic rings. The predicted molar refractivity (Wildman–Crippen MR) is 75.3 cm³/mol.